The second-order valence-electron chi connectivity index (χ2n) is 7.02. The molecule has 0 spiro atoms. The van der Waals surface area contributed by atoms with E-state index in [1.807, 2.05) is 19.1 Å². The topological polar surface area (TPSA) is 72.8 Å². The SMILES string of the molecule is CCOCC=CCS(=O)C[C@@H]1[C@@H](CC=CCCCC(=O)O)[C@H]2CC[C@@H]1O2. The standard InChI is InChI=1S/C20H32O5S/c1-2-24-13-7-8-14-26(23)15-17-16(18-11-12-19(17)25-18)9-5-3-4-6-10-20(21)22/h3,5,7-8,16-19H,2,4,6,9-15H2,1H3,(H,21,22)/t16-,17-,18-,19+,26?/m1/s1. The molecule has 0 aromatic rings. The minimum atomic E-state index is -0.865. The van der Waals surface area contributed by atoms with Gasteiger partial charge in [-0.3, -0.25) is 9.00 Å². The molecule has 2 aliphatic heterocycles. The van der Waals surface area contributed by atoms with Gasteiger partial charge in [-0.2, -0.15) is 0 Å². The van der Waals surface area contributed by atoms with Gasteiger partial charge in [0.15, 0.2) is 0 Å². The van der Waals surface area contributed by atoms with Crippen molar-refractivity contribution in [3.63, 3.8) is 0 Å². The minimum Gasteiger partial charge on any atom is -0.481 e. The van der Waals surface area contributed by atoms with Crippen molar-refractivity contribution in [2.45, 2.75) is 57.7 Å². The number of carboxylic acid groups (broad SMARTS) is 1. The van der Waals surface area contributed by atoms with E-state index in [4.69, 9.17) is 14.6 Å². The van der Waals surface area contributed by atoms with Gasteiger partial charge in [-0.05, 0) is 44.9 Å². The molecule has 2 saturated heterocycles. The van der Waals surface area contributed by atoms with Gasteiger partial charge in [-0.1, -0.05) is 24.3 Å². The second kappa shape index (κ2) is 11.7. The monoisotopic (exact) mass is 384 g/mol. The molecular weight excluding hydrogens is 352 g/mol. The van der Waals surface area contributed by atoms with Crippen LogP contribution in [0.15, 0.2) is 24.3 Å². The zero-order valence-corrected chi connectivity index (χ0v) is 16.5. The summed E-state index contributed by atoms with van der Waals surface area (Å²) >= 11 is 0. The summed E-state index contributed by atoms with van der Waals surface area (Å²) in [6, 6.07) is 0. The third kappa shape index (κ3) is 6.97. The van der Waals surface area contributed by atoms with Crippen LogP contribution in [0.3, 0.4) is 0 Å². The van der Waals surface area contributed by atoms with Crippen LogP contribution in [0.4, 0.5) is 0 Å². The Hall–Kier alpha value is -0.980. The maximum absolute atomic E-state index is 12.4. The van der Waals surface area contributed by atoms with Crippen molar-refractivity contribution in [1.82, 2.24) is 0 Å². The summed E-state index contributed by atoms with van der Waals surface area (Å²) in [6.45, 7) is 3.24. The van der Waals surface area contributed by atoms with Gasteiger partial charge in [0, 0.05) is 41.3 Å². The molecule has 0 amide bonds. The lowest BCUT2D eigenvalue weighted by Gasteiger charge is -2.26. The first-order chi connectivity index (χ1) is 12.6. The molecule has 2 aliphatic rings. The van der Waals surface area contributed by atoms with Gasteiger partial charge in [0.1, 0.15) is 0 Å². The van der Waals surface area contributed by atoms with Crippen molar-refractivity contribution < 1.29 is 23.6 Å². The largest absolute Gasteiger partial charge is 0.481 e. The molecule has 2 heterocycles. The van der Waals surface area contributed by atoms with E-state index >= 15 is 0 Å². The molecule has 148 valence electrons. The fraction of sp³-hybridized carbons (Fsp3) is 0.750. The molecule has 0 saturated carbocycles. The Bertz CT molecular complexity index is 516. The van der Waals surface area contributed by atoms with Gasteiger partial charge < -0.3 is 14.6 Å². The third-order valence-corrected chi connectivity index (χ3v) is 6.49. The van der Waals surface area contributed by atoms with Gasteiger partial charge in [0.05, 0.1) is 18.8 Å². The molecule has 0 aliphatic carbocycles. The number of rotatable bonds is 13. The highest BCUT2D eigenvalue weighted by atomic mass is 32.2. The van der Waals surface area contributed by atoms with Crippen LogP contribution in [0.25, 0.3) is 0 Å². The summed E-state index contributed by atoms with van der Waals surface area (Å²) in [6.07, 6.45) is 13.6. The van der Waals surface area contributed by atoms with Crippen molar-refractivity contribution >= 4 is 16.8 Å². The smallest absolute Gasteiger partial charge is 0.303 e. The molecule has 26 heavy (non-hydrogen) atoms. The third-order valence-electron chi connectivity index (χ3n) is 5.17. The first-order valence-electron chi connectivity index (χ1n) is 9.71. The highest BCUT2D eigenvalue weighted by Crippen LogP contribution is 2.45. The maximum Gasteiger partial charge on any atom is 0.303 e. The van der Waals surface area contributed by atoms with Gasteiger partial charge in [0.2, 0.25) is 0 Å². The number of fused-ring (bicyclic) bond motifs is 2. The maximum atomic E-state index is 12.4. The second-order valence-corrected chi connectivity index (χ2v) is 8.56. The summed E-state index contributed by atoms with van der Waals surface area (Å²) in [5.74, 6) is 1.37. The molecule has 2 fully saturated rings. The summed E-state index contributed by atoms with van der Waals surface area (Å²) in [4.78, 5) is 10.5. The predicted octanol–water partition coefficient (Wildman–Crippen LogP) is 3.32. The number of hydrogen-bond acceptors (Lipinski definition) is 4. The zero-order chi connectivity index (χ0) is 18.8. The average molecular weight is 385 g/mol. The number of allylic oxidation sites excluding steroid dienone is 2. The van der Waals surface area contributed by atoms with E-state index in [0.717, 1.165) is 25.7 Å². The zero-order valence-electron chi connectivity index (χ0n) is 15.7. The van der Waals surface area contributed by atoms with E-state index in [1.54, 1.807) is 0 Å². The van der Waals surface area contributed by atoms with E-state index in [0.29, 0.717) is 49.1 Å². The van der Waals surface area contributed by atoms with Crippen molar-refractivity contribution in [3.8, 4) is 0 Å². The van der Waals surface area contributed by atoms with Gasteiger partial charge in [-0.15, -0.1) is 0 Å². The summed E-state index contributed by atoms with van der Waals surface area (Å²) in [5.41, 5.74) is 0. The average Bonchev–Trinajstić information content (AvgIpc) is 3.20. The summed E-state index contributed by atoms with van der Waals surface area (Å²) < 4.78 is 23.7. The predicted molar refractivity (Wildman–Crippen MR) is 104 cm³/mol. The Morgan fingerprint density at radius 3 is 2.69 bits per heavy atom. The molecule has 1 unspecified atom stereocenters. The van der Waals surface area contributed by atoms with Gasteiger partial charge in [-0.25, -0.2) is 0 Å². The fourth-order valence-corrected chi connectivity index (χ4v) is 5.26. The molecule has 5 nitrogen and oxygen atoms in total. The first kappa shape index (κ1) is 21.3. The molecule has 5 atom stereocenters. The van der Waals surface area contributed by atoms with Crippen LogP contribution < -0.4 is 0 Å². The molecule has 0 aromatic heterocycles. The van der Waals surface area contributed by atoms with E-state index in [9.17, 15) is 9.00 Å². The Morgan fingerprint density at radius 2 is 1.96 bits per heavy atom. The summed E-state index contributed by atoms with van der Waals surface area (Å²) in [5, 5.41) is 8.66. The first-order valence-corrected chi connectivity index (χ1v) is 11.2. The molecule has 2 bridgehead atoms. The van der Waals surface area contributed by atoms with Crippen molar-refractivity contribution in [3.05, 3.63) is 24.3 Å². The Morgan fingerprint density at radius 1 is 1.19 bits per heavy atom. The minimum absolute atomic E-state index is 0.222. The van der Waals surface area contributed by atoms with Crippen molar-refractivity contribution in [2.24, 2.45) is 11.8 Å². The van der Waals surface area contributed by atoms with Gasteiger partial charge in [0.25, 0.3) is 0 Å². The van der Waals surface area contributed by atoms with E-state index in [2.05, 4.69) is 12.2 Å². The Kier molecular flexibility index (Phi) is 9.57. The van der Waals surface area contributed by atoms with Crippen LogP contribution >= 0.6 is 0 Å². The van der Waals surface area contributed by atoms with Crippen molar-refractivity contribution in [2.75, 3.05) is 24.7 Å². The number of carbonyl (C=O) groups is 1. The van der Waals surface area contributed by atoms with Crippen LogP contribution in [-0.2, 0) is 25.1 Å². The van der Waals surface area contributed by atoms with Crippen LogP contribution in [-0.4, -0.2) is 52.2 Å². The van der Waals surface area contributed by atoms with Crippen LogP contribution in [0.2, 0.25) is 0 Å². The Labute approximate surface area is 159 Å². The quantitative estimate of drug-likeness (QED) is 0.389. The Balaban J connectivity index is 1.75. The molecule has 2 rings (SSSR count). The van der Waals surface area contributed by atoms with E-state index in [-0.39, 0.29) is 12.5 Å². The van der Waals surface area contributed by atoms with Crippen molar-refractivity contribution in [1.29, 1.82) is 0 Å². The normalized spacial score (nSPS) is 29.1. The molecule has 6 heteroatoms. The number of aliphatic carboxylic acids is 1. The van der Waals surface area contributed by atoms with Crippen LogP contribution in [0.5, 0.6) is 0 Å². The van der Waals surface area contributed by atoms with Crippen LogP contribution in [0.1, 0.15) is 45.4 Å². The van der Waals surface area contributed by atoms with Gasteiger partial charge >= 0.3 is 5.97 Å². The number of hydrogen-bond donors (Lipinski definition) is 1. The van der Waals surface area contributed by atoms with E-state index < -0.39 is 16.8 Å². The molecular formula is C20H32O5S. The lowest BCUT2D eigenvalue weighted by molar-refractivity contribution is -0.137. The lowest BCUT2D eigenvalue weighted by atomic mass is 9.78. The van der Waals surface area contributed by atoms with E-state index in [1.165, 1.54) is 0 Å². The number of ether oxygens (including phenoxy) is 2. The molecule has 0 radical (unpaired) electrons. The number of unbranched alkanes of at least 4 members (excludes halogenated alkanes) is 1. The molecule has 1 N–H and O–H groups in total. The fourth-order valence-electron chi connectivity index (χ4n) is 3.88. The molecule has 0 aromatic carbocycles. The lowest BCUT2D eigenvalue weighted by Crippen LogP contribution is -2.31. The highest BCUT2D eigenvalue weighted by molar-refractivity contribution is 7.85. The highest BCUT2D eigenvalue weighted by Gasteiger charge is 2.48. The summed E-state index contributed by atoms with van der Waals surface area (Å²) in [7, 11) is -0.865. The number of carboxylic acids is 1. The van der Waals surface area contributed by atoms with Crippen LogP contribution in [0, 0.1) is 11.8 Å².